The van der Waals surface area contributed by atoms with Crippen molar-refractivity contribution < 1.29 is 4.74 Å². The molecule has 0 saturated carbocycles. The zero-order valence-electron chi connectivity index (χ0n) is 11.4. The van der Waals surface area contributed by atoms with Gasteiger partial charge in [-0.1, -0.05) is 18.2 Å². The van der Waals surface area contributed by atoms with Crippen LogP contribution in [0.1, 0.15) is 37.8 Å². The van der Waals surface area contributed by atoms with E-state index in [0.29, 0.717) is 6.04 Å². The molecule has 0 bridgehead atoms. The van der Waals surface area contributed by atoms with Gasteiger partial charge >= 0.3 is 0 Å². The highest BCUT2D eigenvalue weighted by Crippen LogP contribution is 2.24. The summed E-state index contributed by atoms with van der Waals surface area (Å²) >= 11 is 0. The molecule has 1 saturated heterocycles. The van der Waals surface area contributed by atoms with Crippen molar-refractivity contribution in [2.24, 2.45) is 5.73 Å². The van der Waals surface area contributed by atoms with Crippen molar-refractivity contribution >= 4 is 0 Å². The van der Waals surface area contributed by atoms with Gasteiger partial charge in [-0.05, 0) is 45.8 Å². The van der Waals surface area contributed by atoms with Gasteiger partial charge in [-0.25, -0.2) is 0 Å². The van der Waals surface area contributed by atoms with Crippen LogP contribution in [0.4, 0.5) is 0 Å². The van der Waals surface area contributed by atoms with Crippen LogP contribution in [0.5, 0.6) is 5.75 Å². The molecule has 2 atom stereocenters. The van der Waals surface area contributed by atoms with Gasteiger partial charge in [-0.15, -0.1) is 0 Å². The highest BCUT2D eigenvalue weighted by Gasteiger charge is 2.20. The summed E-state index contributed by atoms with van der Waals surface area (Å²) < 4.78 is 5.90. The Balaban J connectivity index is 1.86. The van der Waals surface area contributed by atoms with Crippen LogP contribution in [0.15, 0.2) is 24.3 Å². The lowest BCUT2D eigenvalue weighted by Crippen LogP contribution is -2.26. The second-order valence-electron chi connectivity index (χ2n) is 5.24. The zero-order valence-corrected chi connectivity index (χ0v) is 11.4. The van der Waals surface area contributed by atoms with Crippen LogP contribution in [0.3, 0.4) is 0 Å². The molecular formula is C15H24N2O. The first kappa shape index (κ1) is 13.4. The van der Waals surface area contributed by atoms with E-state index in [1.54, 1.807) is 0 Å². The molecule has 1 aromatic carbocycles. The van der Waals surface area contributed by atoms with Crippen LogP contribution in [0.25, 0.3) is 0 Å². The first-order valence-corrected chi connectivity index (χ1v) is 6.86. The van der Waals surface area contributed by atoms with E-state index >= 15 is 0 Å². The van der Waals surface area contributed by atoms with Gasteiger partial charge in [0.15, 0.2) is 0 Å². The van der Waals surface area contributed by atoms with Crippen molar-refractivity contribution in [3.05, 3.63) is 29.8 Å². The quantitative estimate of drug-likeness (QED) is 0.870. The molecule has 2 rings (SSSR count). The van der Waals surface area contributed by atoms with E-state index in [4.69, 9.17) is 10.5 Å². The van der Waals surface area contributed by atoms with E-state index < -0.39 is 0 Å². The predicted octanol–water partition coefficient (Wildman–Crippen LogP) is 2.57. The lowest BCUT2D eigenvalue weighted by molar-refractivity contribution is 0.232. The number of nitrogens with two attached hydrogens (primary N) is 1. The minimum atomic E-state index is 0.0235. The van der Waals surface area contributed by atoms with Crippen LogP contribution in [-0.4, -0.2) is 31.1 Å². The fraction of sp³-hybridized carbons (Fsp3) is 0.600. The third-order valence-corrected chi connectivity index (χ3v) is 3.79. The second kappa shape index (κ2) is 6.21. The van der Waals surface area contributed by atoms with E-state index in [-0.39, 0.29) is 6.04 Å². The van der Waals surface area contributed by atoms with Gasteiger partial charge in [-0.3, -0.25) is 0 Å². The number of benzene rings is 1. The summed E-state index contributed by atoms with van der Waals surface area (Å²) in [6.07, 6.45) is 3.72. The molecule has 0 amide bonds. The average molecular weight is 248 g/mol. The molecule has 100 valence electrons. The maximum atomic E-state index is 5.94. The molecule has 0 aromatic heterocycles. The number of rotatable bonds is 5. The summed E-state index contributed by atoms with van der Waals surface area (Å²) in [5.41, 5.74) is 7.04. The monoisotopic (exact) mass is 248 g/mol. The first-order chi connectivity index (χ1) is 8.68. The van der Waals surface area contributed by atoms with Crippen LogP contribution in [0.2, 0.25) is 0 Å². The Labute approximate surface area is 110 Å². The number of likely N-dealkylation sites (tertiary alicyclic amines) is 1. The third-order valence-electron chi connectivity index (χ3n) is 3.79. The molecule has 0 spiro atoms. The summed E-state index contributed by atoms with van der Waals surface area (Å²) in [6.45, 7) is 3.99. The van der Waals surface area contributed by atoms with Gasteiger partial charge in [-0.2, -0.15) is 0 Å². The lowest BCUT2D eigenvalue weighted by atomic mass is 10.1. The standard InChI is InChI=1S/C15H24N2O/c1-12(16)14-7-3-4-8-15(14)18-11-9-13-6-5-10-17(13)2/h3-4,7-8,12-13H,5-6,9-11,16H2,1-2H3/t12-,13?/m0/s1. The average Bonchev–Trinajstić information content (AvgIpc) is 2.76. The molecule has 1 aliphatic heterocycles. The number of hydrogen-bond donors (Lipinski definition) is 1. The maximum absolute atomic E-state index is 5.94. The summed E-state index contributed by atoms with van der Waals surface area (Å²) in [6, 6.07) is 8.78. The summed E-state index contributed by atoms with van der Waals surface area (Å²) in [7, 11) is 2.20. The second-order valence-corrected chi connectivity index (χ2v) is 5.24. The van der Waals surface area contributed by atoms with Crippen molar-refractivity contribution in [2.45, 2.75) is 38.3 Å². The number of nitrogens with zero attached hydrogens (tertiary/aromatic N) is 1. The fourth-order valence-electron chi connectivity index (χ4n) is 2.64. The molecule has 1 heterocycles. The fourth-order valence-corrected chi connectivity index (χ4v) is 2.64. The molecule has 0 radical (unpaired) electrons. The minimum Gasteiger partial charge on any atom is -0.493 e. The van der Waals surface area contributed by atoms with Crippen molar-refractivity contribution in [1.82, 2.24) is 4.90 Å². The molecule has 1 fully saturated rings. The number of hydrogen-bond acceptors (Lipinski definition) is 3. The Hall–Kier alpha value is -1.06. The Morgan fingerprint density at radius 2 is 2.22 bits per heavy atom. The van der Waals surface area contributed by atoms with Crippen LogP contribution >= 0.6 is 0 Å². The minimum absolute atomic E-state index is 0.0235. The molecule has 1 aromatic rings. The van der Waals surface area contributed by atoms with E-state index in [1.165, 1.54) is 19.4 Å². The number of para-hydroxylation sites is 1. The molecule has 18 heavy (non-hydrogen) atoms. The van der Waals surface area contributed by atoms with Gasteiger partial charge in [0.05, 0.1) is 6.61 Å². The van der Waals surface area contributed by atoms with Crippen LogP contribution < -0.4 is 10.5 Å². The topological polar surface area (TPSA) is 38.5 Å². The van der Waals surface area contributed by atoms with Gasteiger partial charge < -0.3 is 15.4 Å². The van der Waals surface area contributed by atoms with Gasteiger partial charge in [0, 0.05) is 17.6 Å². The normalized spacial score (nSPS) is 22.1. The molecule has 1 unspecified atom stereocenters. The highest BCUT2D eigenvalue weighted by molar-refractivity contribution is 5.35. The largest absolute Gasteiger partial charge is 0.493 e. The summed E-state index contributed by atoms with van der Waals surface area (Å²) in [4.78, 5) is 2.43. The Morgan fingerprint density at radius 1 is 1.44 bits per heavy atom. The van der Waals surface area contributed by atoms with E-state index in [1.807, 2.05) is 31.2 Å². The predicted molar refractivity (Wildman–Crippen MR) is 74.8 cm³/mol. The van der Waals surface area contributed by atoms with E-state index in [0.717, 1.165) is 24.3 Å². The smallest absolute Gasteiger partial charge is 0.124 e. The lowest BCUT2D eigenvalue weighted by Gasteiger charge is -2.20. The van der Waals surface area contributed by atoms with E-state index in [2.05, 4.69) is 11.9 Å². The van der Waals surface area contributed by atoms with Crippen molar-refractivity contribution in [3.63, 3.8) is 0 Å². The molecule has 1 aliphatic rings. The molecule has 3 heteroatoms. The Kier molecular flexibility index (Phi) is 4.61. The first-order valence-electron chi connectivity index (χ1n) is 6.86. The zero-order chi connectivity index (χ0) is 13.0. The molecule has 2 N–H and O–H groups in total. The molecule has 3 nitrogen and oxygen atoms in total. The molecule has 0 aliphatic carbocycles. The third kappa shape index (κ3) is 3.24. The molecular weight excluding hydrogens is 224 g/mol. The van der Waals surface area contributed by atoms with Crippen LogP contribution in [0, 0.1) is 0 Å². The number of ether oxygens (including phenoxy) is 1. The summed E-state index contributed by atoms with van der Waals surface area (Å²) in [5, 5.41) is 0. The maximum Gasteiger partial charge on any atom is 0.124 e. The van der Waals surface area contributed by atoms with Crippen molar-refractivity contribution in [2.75, 3.05) is 20.2 Å². The van der Waals surface area contributed by atoms with Gasteiger partial charge in [0.2, 0.25) is 0 Å². The summed E-state index contributed by atoms with van der Waals surface area (Å²) in [5.74, 6) is 0.938. The van der Waals surface area contributed by atoms with Gasteiger partial charge in [0.25, 0.3) is 0 Å². The van der Waals surface area contributed by atoms with Crippen molar-refractivity contribution in [1.29, 1.82) is 0 Å². The van der Waals surface area contributed by atoms with E-state index in [9.17, 15) is 0 Å². The highest BCUT2D eigenvalue weighted by atomic mass is 16.5. The van der Waals surface area contributed by atoms with Gasteiger partial charge in [0.1, 0.15) is 5.75 Å². The SMILES string of the molecule is C[C@H](N)c1ccccc1OCCC1CCCN1C. The Bertz CT molecular complexity index is 379. The van der Waals surface area contributed by atoms with Crippen molar-refractivity contribution in [3.8, 4) is 5.75 Å². The van der Waals surface area contributed by atoms with Crippen LogP contribution in [-0.2, 0) is 0 Å². The Morgan fingerprint density at radius 3 is 2.89 bits per heavy atom.